The Hall–Kier alpha value is -1.86. The largest absolute Gasteiger partial charge is 0.378 e. The van der Waals surface area contributed by atoms with E-state index in [-0.39, 0.29) is 5.56 Å². The van der Waals surface area contributed by atoms with Crippen LogP contribution in [-0.2, 0) is 30.4 Å². The Kier molecular flexibility index (Phi) is 5.52. The van der Waals surface area contributed by atoms with E-state index in [0.717, 1.165) is 19.1 Å². The SMILES string of the molecule is CC(=O)c1ccc(OS(C)(=O)=O)c(OS(C)(=O)=O)c1OS(C)(=O)=O. The van der Waals surface area contributed by atoms with Crippen molar-refractivity contribution >= 4 is 36.1 Å². The van der Waals surface area contributed by atoms with Crippen LogP contribution in [0.1, 0.15) is 17.3 Å². The lowest BCUT2D eigenvalue weighted by Gasteiger charge is -2.16. The van der Waals surface area contributed by atoms with E-state index in [1.165, 1.54) is 0 Å². The van der Waals surface area contributed by atoms with Gasteiger partial charge in [-0.05, 0) is 19.1 Å². The van der Waals surface area contributed by atoms with Crippen molar-refractivity contribution < 1.29 is 42.6 Å². The summed E-state index contributed by atoms with van der Waals surface area (Å²) in [7, 11) is -12.6. The summed E-state index contributed by atoms with van der Waals surface area (Å²) in [4.78, 5) is 11.6. The van der Waals surface area contributed by atoms with Crippen LogP contribution in [0.5, 0.6) is 17.2 Å². The van der Waals surface area contributed by atoms with E-state index in [4.69, 9.17) is 0 Å². The first kappa shape index (κ1) is 20.2. The molecule has 0 atom stereocenters. The van der Waals surface area contributed by atoms with Crippen LogP contribution in [0, 0.1) is 0 Å². The molecule has 0 radical (unpaired) electrons. The predicted octanol–water partition coefficient (Wildman–Crippen LogP) is -0.0956. The van der Waals surface area contributed by atoms with Gasteiger partial charge >= 0.3 is 30.4 Å². The molecule has 0 unspecified atom stereocenters. The van der Waals surface area contributed by atoms with Crippen LogP contribution in [0.3, 0.4) is 0 Å². The van der Waals surface area contributed by atoms with Crippen molar-refractivity contribution in [1.82, 2.24) is 0 Å². The van der Waals surface area contributed by atoms with Crippen molar-refractivity contribution in [3.05, 3.63) is 17.7 Å². The Balaban J connectivity index is 3.81. The Bertz CT molecular complexity index is 971. The normalized spacial score (nSPS) is 12.5. The molecule has 13 heteroatoms. The molecule has 1 rings (SSSR count). The average Bonchev–Trinajstić information content (AvgIpc) is 2.27. The molecule has 0 aliphatic heterocycles. The minimum atomic E-state index is -4.24. The number of hydrogen-bond donors (Lipinski definition) is 0. The molecule has 24 heavy (non-hydrogen) atoms. The highest BCUT2D eigenvalue weighted by molar-refractivity contribution is 7.87. The summed E-state index contributed by atoms with van der Waals surface area (Å²) in [5, 5.41) is 0. The second-order valence-electron chi connectivity index (χ2n) is 4.69. The smallest absolute Gasteiger partial charge is 0.306 e. The van der Waals surface area contributed by atoms with Gasteiger partial charge < -0.3 is 12.5 Å². The maximum absolute atomic E-state index is 11.6. The maximum atomic E-state index is 11.6. The number of benzene rings is 1. The van der Waals surface area contributed by atoms with Gasteiger partial charge in [-0.2, -0.15) is 25.3 Å². The Morgan fingerprint density at radius 1 is 0.750 bits per heavy atom. The topological polar surface area (TPSA) is 147 Å². The highest BCUT2D eigenvalue weighted by atomic mass is 32.2. The highest BCUT2D eigenvalue weighted by Crippen LogP contribution is 2.42. The Morgan fingerprint density at radius 3 is 1.54 bits per heavy atom. The highest BCUT2D eigenvalue weighted by Gasteiger charge is 2.27. The van der Waals surface area contributed by atoms with Gasteiger partial charge in [0.05, 0.1) is 24.3 Å². The summed E-state index contributed by atoms with van der Waals surface area (Å²) in [6.07, 6.45) is 1.94. The first-order valence-electron chi connectivity index (χ1n) is 5.95. The molecule has 0 aliphatic rings. The van der Waals surface area contributed by atoms with Gasteiger partial charge in [-0.25, -0.2) is 0 Å². The van der Waals surface area contributed by atoms with E-state index in [0.29, 0.717) is 18.8 Å². The third-order valence-electron chi connectivity index (χ3n) is 2.17. The summed E-state index contributed by atoms with van der Waals surface area (Å²) in [5.74, 6) is -3.01. The predicted molar refractivity (Wildman–Crippen MR) is 82.9 cm³/mol. The van der Waals surface area contributed by atoms with Gasteiger partial charge in [0.15, 0.2) is 11.5 Å². The van der Waals surface area contributed by atoms with Crippen molar-refractivity contribution in [1.29, 1.82) is 0 Å². The summed E-state index contributed by atoms with van der Waals surface area (Å²) in [6.45, 7) is 1.06. The zero-order chi connectivity index (χ0) is 18.9. The first-order chi connectivity index (χ1) is 10.6. The lowest BCUT2D eigenvalue weighted by Crippen LogP contribution is -2.15. The van der Waals surface area contributed by atoms with Gasteiger partial charge in [-0.15, -0.1) is 0 Å². The molecule has 0 bridgehead atoms. The fourth-order valence-electron chi connectivity index (χ4n) is 1.51. The fourth-order valence-corrected chi connectivity index (χ4v) is 2.90. The van der Waals surface area contributed by atoms with Crippen LogP contribution in [-0.4, -0.2) is 49.8 Å². The van der Waals surface area contributed by atoms with Gasteiger partial charge in [-0.1, -0.05) is 0 Å². The standard InChI is InChI=1S/C11H14O10S3/c1-7(12)8-5-6-9(19-22(2,13)14)11(21-24(4,17)18)10(8)20-23(3,15)16/h5-6H,1-4H3. The van der Waals surface area contributed by atoms with E-state index >= 15 is 0 Å². The van der Waals surface area contributed by atoms with Gasteiger partial charge in [0.25, 0.3) is 0 Å². The van der Waals surface area contributed by atoms with Crippen LogP contribution in [0.15, 0.2) is 12.1 Å². The van der Waals surface area contributed by atoms with Crippen molar-refractivity contribution in [3.63, 3.8) is 0 Å². The van der Waals surface area contributed by atoms with E-state index in [1.54, 1.807) is 0 Å². The van der Waals surface area contributed by atoms with Gasteiger partial charge in [0.2, 0.25) is 11.5 Å². The number of ketones is 1. The molecule has 0 aliphatic carbocycles. The zero-order valence-electron chi connectivity index (χ0n) is 13.0. The van der Waals surface area contributed by atoms with Crippen LogP contribution < -0.4 is 12.5 Å². The lowest BCUT2D eigenvalue weighted by atomic mass is 10.1. The van der Waals surface area contributed by atoms with E-state index in [2.05, 4.69) is 12.5 Å². The number of carbonyl (C=O) groups excluding carboxylic acids is 1. The fraction of sp³-hybridized carbons (Fsp3) is 0.364. The lowest BCUT2D eigenvalue weighted by molar-refractivity contribution is 0.101. The molecule has 0 fully saturated rings. The van der Waals surface area contributed by atoms with Crippen LogP contribution >= 0.6 is 0 Å². The molecule has 0 spiro atoms. The zero-order valence-corrected chi connectivity index (χ0v) is 15.4. The monoisotopic (exact) mass is 402 g/mol. The van der Waals surface area contributed by atoms with Gasteiger partial charge in [-0.3, -0.25) is 4.79 Å². The van der Waals surface area contributed by atoms with Crippen LogP contribution in [0.2, 0.25) is 0 Å². The van der Waals surface area contributed by atoms with Crippen molar-refractivity contribution in [3.8, 4) is 17.2 Å². The van der Waals surface area contributed by atoms with Crippen molar-refractivity contribution in [2.45, 2.75) is 6.92 Å². The summed E-state index contributed by atoms with van der Waals surface area (Å²) < 4.78 is 81.9. The van der Waals surface area contributed by atoms with Crippen LogP contribution in [0.4, 0.5) is 0 Å². The summed E-state index contributed by atoms with van der Waals surface area (Å²) >= 11 is 0. The maximum Gasteiger partial charge on any atom is 0.306 e. The van der Waals surface area contributed by atoms with Gasteiger partial charge in [0, 0.05) is 0 Å². The summed E-state index contributed by atoms with van der Waals surface area (Å²) in [6, 6.07) is 1.95. The molecule has 10 nitrogen and oxygen atoms in total. The van der Waals surface area contributed by atoms with E-state index in [1.807, 2.05) is 0 Å². The third-order valence-corrected chi connectivity index (χ3v) is 3.59. The van der Waals surface area contributed by atoms with Crippen molar-refractivity contribution in [2.75, 3.05) is 18.8 Å². The second kappa shape index (κ2) is 6.57. The molecule has 1 aromatic rings. The molecule has 1 aromatic carbocycles. The average molecular weight is 402 g/mol. The number of hydrogen-bond acceptors (Lipinski definition) is 10. The van der Waals surface area contributed by atoms with Crippen molar-refractivity contribution in [2.24, 2.45) is 0 Å². The van der Waals surface area contributed by atoms with Crippen LogP contribution in [0.25, 0.3) is 0 Å². The molecule has 0 heterocycles. The van der Waals surface area contributed by atoms with E-state index in [9.17, 15) is 30.0 Å². The summed E-state index contributed by atoms with van der Waals surface area (Å²) in [5.41, 5.74) is -0.347. The number of rotatable bonds is 7. The van der Waals surface area contributed by atoms with E-state index < -0.39 is 53.4 Å². The number of carbonyl (C=O) groups is 1. The molecule has 0 saturated carbocycles. The quantitative estimate of drug-likeness (QED) is 0.447. The number of Topliss-reactive ketones (excluding diaryl/α,β-unsaturated/α-hetero) is 1. The van der Waals surface area contributed by atoms with Gasteiger partial charge in [0.1, 0.15) is 0 Å². The molecule has 0 amide bonds. The Morgan fingerprint density at radius 2 is 1.17 bits per heavy atom. The second-order valence-corrected chi connectivity index (χ2v) is 9.41. The molecule has 136 valence electrons. The molecule has 0 N–H and O–H groups in total. The molecule has 0 aromatic heterocycles. The molecular weight excluding hydrogens is 388 g/mol. The molecule has 0 saturated heterocycles. The molecular formula is C11H14O10S3. The first-order valence-corrected chi connectivity index (χ1v) is 11.4. The minimum absolute atomic E-state index is 0.347. The Labute approximate surface area is 139 Å². The minimum Gasteiger partial charge on any atom is -0.378 e. The third kappa shape index (κ3) is 6.33.